The van der Waals surface area contributed by atoms with Gasteiger partial charge in [0.25, 0.3) is 0 Å². The second-order valence-corrected chi connectivity index (χ2v) is 5.72. The fourth-order valence-corrected chi connectivity index (χ4v) is 1.67. The van der Waals surface area contributed by atoms with Crippen LogP contribution in [0.2, 0.25) is 0 Å². The average molecular weight is 273 g/mol. The highest BCUT2D eigenvalue weighted by atomic mass is 16.5. The lowest BCUT2D eigenvalue weighted by atomic mass is 9.93. The van der Waals surface area contributed by atoms with Gasteiger partial charge in [0.15, 0.2) is 5.82 Å². The number of hydrogen-bond donors (Lipinski definition) is 2. The minimum absolute atomic E-state index is 0.139. The highest BCUT2D eigenvalue weighted by molar-refractivity contribution is 5.99. The Kier molecular flexibility index (Phi) is 3.79. The van der Waals surface area contributed by atoms with E-state index in [2.05, 4.69) is 15.8 Å². The van der Waals surface area contributed by atoms with Crippen LogP contribution in [0.5, 0.6) is 0 Å². The molecule has 5 heteroatoms. The molecule has 0 aliphatic rings. The number of carbonyl (C=O) groups excluding carboxylic acids is 1. The molecule has 2 rings (SSSR count). The number of aromatic nitrogens is 1. The fraction of sp³-hybridized carbons (Fsp3) is 0.333. The van der Waals surface area contributed by atoms with E-state index >= 15 is 0 Å². The third-order valence-electron chi connectivity index (χ3n) is 2.88. The predicted octanol–water partition coefficient (Wildman–Crippen LogP) is 3.92. The normalized spacial score (nSPS) is 11.2. The Balaban J connectivity index is 2.02. The van der Waals surface area contributed by atoms with Crippen LogP contribution in [0.3, 0.4) is 0 Å². The number of hydrogen-bond acceptors (Lipinski definition) is 3. The summed E-state index contributed by atoms with van der Waals surface area (Å²) >= 11 is 0. The van der Waals surface area contributed by atoms with Gasteiger partial charge >= 0.3 is 6.03 Å². The standard InChI is InChI=1S/C15H19N3O2/c1-10-7-5-6-8-11(10)16-14(19)17-13-9-12(20-18-13)15(2,3)4/h5-9H,1-4H3,(H2,16,17,18,19). The Morgan fingerprint density at radius 1 is 1.20 bits per heavy atom. The van der Waals surface area contributed by atoms with Gasteiger partial charge in [0.05, 0.1) is 0 Å². The van der Waals surface area contributed by atoms with Crippen molar-refractivity contribution in [1.82, 2.24) is 5.16 Å². The summed E-state index contributed by atoms with van der Waals surface area (Å²) in [5, 5.41) is 9.27. The number of carbonyl (C=O) groups is 1. The largest absolute Gasteiger partial charge is 0.359 e. The highest BCUT2D eigenvalue weighted by Gasteiger charge is 2.20. The molecule has 1 aromatic carbocycles. The SMILES string of the molecule is Cc1ccccc1NC(=O)Nc1cc(C(C)(C)C)on1. The van der Waals surface area contributed by atoms with Crippen LogP contribution in [-0.2, 0) is 5.41 Å². The number of nitrogens with zero attached hydrogens (tertiary/aromatic N) is 1. The van der Waals surface area contributed by atoms with E-state index in [1.165, 1.54) is 0 Å². The summed E-state index contributed by atoms with van der Waals surface area (Å²) in [5.41, 5.74) is 1.63. The molecule has 1 heterocycles. The number of nitrogens with one attached hydrogen (secondary N) is 2. The zero-order valence-electron chi connectivity index (χ0n) is 12.2. The maximum Gasteiger partial charge on any atom is 0.324 e. The summed E-state index contributed by atoms with van der Waals surface area (Å²) in [4.78, 5) is 11.9. The van der Waals surface area contributed by atoms with Crippen molar-refractivity contribution in [1.29, 1.82) is 0 Å². The Bertz CT molecular complexity index is 612. The topological polar surface area (TPSA) is 67.2 Å². The Morgan fingerprint density at radius 3 is 2.50 bits per heavy atom. The minimum Gasteiger partial charge on any atom is -0.359 e. The van der Waals surface area contributed by atoms with Crippen molar-refractivity contribution in [3.63, 3.8) is 0 Å². The first-order chi connectivity index (χ1) is 9.36. The first-order valence-corrected chi connectivity index (χ1v) is 6.47. The van der Waals surface area contributed by atoms with E-state index in [0.29, 0.717) is 5.82 Å². The molecule has 0 aliphatic heterocycles. The summed E-state index contributed by atoms with van der Waals surface area (Å²) < 4.78 is 5.21. The van der Waals surface area contributed by atoms with E-state index in [-0.39, 0.29) is 11.4 Å². The molecular formula is C15H19N3O2. The van der Waals surface area contributed by atoms with Gasteiger partial charge in [-0.2, -0.15) is 0 Å². The molecule has 0 unspecified atom stereocenters. The lowest BCUT2D eigenvalue weighted by molar-refractivity contribution is 0.262. The van der Waals surface area contributed by atoms with Crippen LogP contribution in [0, 0.1) is 6.92 Å². The average Bonchev–Trinajstić information content (AvgIpc) is 2.80. The van der Waals surface area contributed by atoms with Gasteiger partial charge in [0.2, 0.25) is 0 Å². The molecule has 0 fully saturated rings. The number of urea groups is 1. The van der Waals surface area contributed by atoms with Crippen molar-refractivity contribution in [3.05, 3.63) is 41.7 Å². The summed E-state index contributed by atoms with van der Waals surface area (Å²) in [7, 11) is 0. The number of aryl methyl sites for hydroxylation is 1. The van der Waals surface area contributed by atoms with Gasteiger partial charge in [0, 0.05) is 17.2 Å². The van der Waals surface area contributed by atoms with Crippen molar-refractivity contribution in [2.75, 3.05) is 10.6 Å². The zero-order chi connectivity index (χ0) is 14.8. The van der Waals surface area contributed by atoms with Gasteiger partial charge in [-0.1, -0.05) is 44.1 Å². The molecule has 106 valence electrons. The van der Waals surface area contributed by atoms with Gasteiger partial charge in [-0.05, 0) is 18.6 Å². The van der Waals surface area contributed by atoms with Crippen LogP contribution in [-0.4, -0.2) is 11.2 Å². The van der Waals surface area contributed by atoms with E-state index in [4.69, 9.17) is 4.52 Å². The van der Waals surface area contributed by atoms with Gasteiger partial charge in [0.1, 0.15) is 5.76 Å². The van der Waals surface area contributed by atoms with Crippen molar-refractivity contribution >= 4 is 17.5 Å². The molecule has 5 nitrogen and oxygen atoms in total. The number of benzene rings is 1. The Hall–Kier alpha value is -2.30. The van der Waals surface area contributed by atoms with Crippen molar-refractivity contribution < 1.29 is 9.32 Å². The van der Waals surface area contributed by atoms with Crippen LogP contribution in [0.1, 0.15) is 32.1 Å². The number of rotatable bonds is 2. The van der Waals surface area contributed by atoms with Gasteiger partial charge in [-0.3, -0.25) is 5.32 Å². The van der Waals surface area contributed by atoms with E-state index in [1.807, 2.05) is 52.0 Å². The van der Waals surface area contributed by atoms with Crippen LogP contribution < -0.4 is 10.6 Å². The first-order valence-electron chi connectivity index (χ1n) is 6.47. The fourth-order valence-electron chi connectivity index (χ4n) is 1.67. The molecule has 0 bridgehead atoms. The van der Waals surface area contributed by atoms with E-state index < -0.39 is 0 Å². The summed E-state index contributed by atoms with van der Waals surface area (Å²) in [5.74, 6) is 1.13. The monoisotopic (exact) mass is 273 g/mol. The molecule has 2 amide bonds. The van der Waals surface area contributed by atoms with Crippen LogP contribution >= 0.6 is 0 Å². The maximum atomic E-state index is 11.9. The molecule has 0 saturated heterocycles. The van der Waals surface area contributed by atoms with Crippen molar-refractivity contribution in [3.8, 4) is 0 Å². The first kappa shape index (κ1) is 14.1. The molecule has 0 saturated carbocycles. The summed E-state index contributed by atoms with van der Waals surface area (Å²) in [6.07, 6.45) is 0. The molecule has 0 atom stereocenters. The number of para-hydroxylation sites is 1. The third-order valence-corrected chi connectivity index (χ3v) is 2.88. The molecule has 0 radical (unpaired) electrons. The van der Waals surface area contributed by atoms with E-state index in [0.717, 1.165) is 17.0 Å². The van der Waals surface area contributed by atoms with Crippen LogP contribution in [0.25, 0.3) is 0 Å². The van der Waals surface area contributed by atoms with Crippen LogP contribution in [0.4, 0.5) is 16.3 Å². The molecule has 20 heavy (non-hydrogen) atoms. The van der Waals surface area contributed by atoms with Gasteiger partial charge < -0.3 is 9.84 Å². The summed E-state index contributed by atoms with van der Waals surface area (Å²) in [6.45, 7) is 7.99. The van der Waals surface area contributed by atoms with Crippen molar-refractivity contribution in [2.24, 2.45) is 0 Å². The molecule has 2 aromatic rings. The van der Waals surface area contributed by atoms with E-state index in [9.17, 15) is 4.79 Å². The number of anilines is 2. The van der Waals surface area contributed by atoms with E-state index in [1.54, 1.807) is 6.07 Å². The van der Waals surface area contributed by atoms with Gasteiger partial charge in [-0.15, -0.1) is 0 Å². The van der Waals surface area contributed by atoms with Gasteiger partial charge in [-0.25, -0.2) is 4.79 Å². The quantitative estimate of drug-likeness (QED) is 0.871. The lowest BCUT2D eigenvalue weighted by Gasteiger charge is -2.12. The lowest BCUT2D eigenvalue weighted by Crippen LogP contribution is -2.20. The Morgan fingerprint density at radius 2 is 1.90 bits per heavy atom. The predicted molar refractivity (Wildman–Crippen MR) is 79.0 cm³/mol. The summed E-state index contributed by atoms with van der Waals surface area (Å²) in [6, 6.07) is 8.97. The second-order valence-electron chi connectivity index (χ2n) is 5.72. The second kappa shape index (κ2) is 5.36. The minimum atomic E-state index is -0.340. The van der Waals surface area contributed by atoms with Crippen LogP contribution in [0.15, 0.2) is 34.9 Å². The Labute approximate surface area is 118 Å². The molecule has 0 aliphatic carbocycles. The highest BCUT2D eigenvalue weighted by Crippen LogP contribution is 2.24. The molecule has 0 spiro atoms. The van der Waals surface area contributed by atoms with Crippen molar-refractivity contribution in [2.45, 2.75) is 33.1 Å². The maximum absolute atomic E-state index is 11.9. The molecule has 1 aromatic heterocycles. The molecule has 2 N–H and O–H groups in total. The zero-order valence-corrected chi connectivity index (χ0v) is 12.2. The molecular weight excluding hydrogens is 254 g/mol. The number of amides is 2. The smallest absolute Gasteiger partial charge is 0.324 e. The third kappa shape index (κ3) is 3.38.